The third-order valence-corrected chi connectivity index (χ3v) is 3.77. The van der Waals surface area contributed by atoms with Gasteiger partial charge < -0.3 is 9.80 Å². The number of carbonyl (C=O) groups is 1. The van der Waals surface area contributed by atoms with E-state index in [1.54, 1.807) is 7.05 Å². The Morgan fingerprint density at radius 3 is 2.17 bits per heavy atom. The van der Waals surface area contributed by atoms with Gasteiger partial charge in [0.15, 0.2) is 11.6 Å². The lowest BCUT2D eigenvalue weighted by Gasteiger charge is -2.19. The third kappa shape index (κ3) is 3.99. The normalized spacial score (nSPS) is 10.5. The van der Waals surface area contributed by atoms with Crippen molar-refractivity contribution in [2.24, 2.45) is 0 Å². The maximum atomic E-state index is 13.3. The Balaban J connectivity index is 2.15. The maximum absolute atomic E-state index is 13.3. The van der Waals surface area contributed by atoms with Crippen LogP contribution in [0, 0.1) is 11.6 Å². The number of rotatable bonds is 4. The number of carbonyl (C=O) groups excluding carboxylic acids is 1. The van der Waals surface area contributed by atoms with E-state index in [-0.39, 0.29) is 10.6 Å². The van der Waals surface area contributed by atoms with Gasteiger partial charge >= 0.3 is 0 Å². The van der Waals surface area contributed by atoms with Crippen LogP contribution in [0.15, 0.2) is 36.4 Å². The highest BCUT2D eigenvalue weighted by atomic mass is 35.5. The molecule has 2 rings (SSSR count). The van der Waals surface area contributed by atoms with Crippen LogP contribution in [0.5, 0.6) is 0 Å². The van der Waals surface area contributed by atoms with Crippen LogP contribution >= 0.6 is 11.6 Å². The molecule has 0 fully saturated rings. The van der Waals surface area contributed by atoms with Crippen LogP contribution in [-0.2, 0) is 6.54 Å². The molecule has 0 saturated heterocycles. The summed E-state index contributed by atoms with van der Waals surface area (Å²) < 4.78 is 26.4. The van der Waals surface area contributed by atoms with Gasteiger partial charge in [0.2, 0.25) is 0 Å². The second-order valence-corrected chi connectivity index (χ2v) is 5.88. The molecule has 0 atom stereocenters. The van der Waals surface area contributed by atoms with Crippen LogP contribution in [0.2, 0.25) is 5.02 Å². The van der Waals surface area contributed by atoms with Crippen LogP contribution in [0.4, 0.5) is 14.5 Å². The molecule has 0 saturated carbocycles. The molecule has 0 N–H and O–H groups in total. The Kier molecular flexibility index (Phi) is 5.21. The van der Waals surface area contributed by atoms with Crippen molar-refractivity contribution in [2.75, 3.05) is 26.0 Å². The number of benzene rings is 2. The second-order valence-electron chi connectivity index (χ2n) is 5.47. The molecule has 122 valence electrons. The predicted molar refractivity (Wildman–Crippen MR) is 87.9 cm³/mol. The van der Waals surface area contributed by atoms with E-state index in [4.69, 9.17) is 11.6 Å². The molecule has 0 aliphatic carbocycles. The van der Waals surface area contributed by atoms with E-state index in [0.29, 0.717) is 6.54 Å². The molecule has 2 aromatic rings. The van der Waals surface area contributed by atoms with E-state index in [9.17, 15) is 13.6 Å². The summed E-state index contributed by atoms with van der Waals surface area (Å²) in [6.45, 7) is 0.335. The van der Waals surface area contributed by atoms with E-state index in [1.807, 2.05) is 43.3 Å². The number of nitrogens with zero attached hydrogens (tertiary/aromatic N) is 2. The summed E-state index contributed by atoms with van der Waals surface area (Å²) in [6.07, 6.45) is 0. The molecule has 23 heavy (non-hydrogen) atoms. The van der Waals surface area contributed by atoms with Crippen molar-refractivity contribution in [2.45, 2.75) is 6.54 Å². The van der Waals surface area contributed by atoms with Gasteiger partial charge in [-0.3, -0.25) is 4.79 Å². The minimum absolute atomic E-state index is 0.0574. The van der Waals surface area contributed by atoms with Crippen LogP contribution in [0.25, 0.3) is 0 Å². The van der Waals surface area contributed by atoms with Crippen LogP contribution in [0.1, 0.15) is 15.9 Å². The number of hydrogen-bond acceptors (Lipinski definition) is 2. The summed E-state index contributed by atoms with van der Waals surface area (Å²) in [5, 5.41) is -0.108. The lowest BCUT2D eigenvalue weighted by atomic mass is 10.1. The zero-order chi connectivity index (χ0) is 17.1. The monoisotopic (exact) mass is 338 g/mol. The summed E-state index contributed by atoms with van der Waals surface area (Å²) in [6, 6.07) is 9.34. The lowest BCUT2D eigenvalue weighted by molar-refractivity contribution is 0.0784. The van der Waals surface area contributed by atoms with E-state index in [2.05, 4.69) is 0 Å². The molecule has 0 unspecified atom stereocenters. The summed E-state index contributed by atoms with van der Waals surface area (Å²) >= 11 is 5.84. The first-order chi connectivity index (χ1) is 10.8. The van der Waals surface area contributed by atoms with Gasteiger partial charge in [0.1, 0.15) is 0 Å². The lowest BCUT2D eigenvalue weighted by Crippen LogP contribution is -2.26. The van der Waals surface area contributed by atoms with Gasteiger partial charge in [-0.05, 0) is 29.8 Å². The average Bonchev–Trinajstić information content (AvgIpc) is 2.50. The van der Waals surface area contributed by atoms with Gasteiger partial charge in [-0.15, -0.1) is 0 Å². The molecule has 0 radical (unpaired) electrons. The van der Waals surface area contributed by atoms with Crippen molar-refractivity contribution >= 4 is 23.2 Å². The zero-order valence-corrected chi connectivity index (χ0v) is 13.9. The molecular formula is C17H17ClF2N2O. The molecule has 0 aliphatic heterocycles. The summed E-state index contributed by atoms with van der Waals surface area (Å²) in [5.41, 5.74) is 1.91. The van der Waals surface area contributed by atoms with Crippen LogP contribution in [-0.4, -0.2) is 32.0 Å². The Bertz CT molecular complexity index is 717. The molecule has 2 aromatic carbocycles. The highest BCUT2D eigenvalue weighted by Gasteiger charge is 2.18. The van der Waals surface area contributed by atoms with E-state index < -0.39 is 17.5 Å². The van der Waals surface area contributed by atoms with Gasteiger partial charge in [-0.1, -0.05) is 23.7 Å². The number of halogens is 3. The SMILES string of the molecule is CN(Cc1ccc(N(C)C)cc1)C(=O)c1cc(F)c(F)cc1Cl. The fourth-order valence-electron chi connectivity index (χ4n) is 2.14. The molecule has 0 spiro atoms. The topological polar surface area (TPSA) is 23.6 Å². The molecule has 0 heterocycles. The van der Waals surface area contributed by atoms with Gasteiger partial charge in [-0.2, -0.15) is 0 Å². The fourth-order valence-corrected chi connectivity index (χ4v) is 2.37. The second kappa shape index (κ2) is 6.96. The van der Waals surface area contributed by atoms with Gasteiger partial charge in [0.25, 0.3) is 5.91 Å². The largest absolute Gasteiger partial charge is 0.378 e. The Hall–Kier alpha value is -2.14. The number of amides is 1. The first-order valence-electron chi connectivity index (χ1n) is 6.96. The first kappa shape index (κ1) is 17.2. The highest BCUT2D eigenvalue weighted by Crippen LogP contribution is 2.22. The first-order valence-corrected chi connectivity index (χ1v) is 7.33. The molecule has 3 nitrogen and oxygen atoms in total. The summed E-state index contributed by atoms with van der Waals surface area (Å²) in [5.74, 6) is -2.64. The average molecular weight is 339 g/mol. The van der Waals surface area contributed by atoms with Crippen molar-refractivity contribution in [3.8, 4) is 0 Å². The smallest absolute Gasteiger partial charge is 0.255 e. The van der Waals surface area contributed by atoms with Gasteiger partial charge in [-0.25, -0.2) is 8.78 Å². The van der Waals surface area contributed by atoms with E-state index >= 15 is 0 Å². The van der Waals surface area contributed by atoms with Crippen molar-refractivity contribution in [3.05, 3.63) is 64.2 Å². The highest BCUT2D eigenvalue weighted by molar-refractivity contribution is 6.33. The zero-order valence-electron chi connectivity index (χ0n) is 13.1. The Labute approximate surface area is 139 Å². The van der Waals surface area contributed by atoms with E-state index in [0.717, 1.165) is 23.4 Å². The predicted octanol–water partition coefficient (Wildman–Crippen LogP) is 3.96. The standard InChI is InChI=1S/C17H17ClF2N2O/c1-21(2)12-6-4-11(5-7-12)10-22(3)17(23)13-8-15(19)16(20)9-14(13)18/h4-9H,10H2,1-3H3. The minimum Gasteiger partial charge on any atom is -0.378 e. The number of anilines is 1. The quantitative estimate of drug-likeness (QED) is 0.788. The fraction of sp³-hybridized carbons (Fsp3) is 0.235. The molecule has 6 heteroatoms. The molecule has 0 aromatic heterocycles. The van der Waals surface area contributed by atoms with E-state index in [1.165, 1.54) is 4.90 Å². The Morgan fingerprint density at radius 2 is 1.61 bits per heavy atom. The van der Waals surface area contributed by atoms with Crippen LogP contribution in [0.3, 0.4) is 0 Å². The summed E-state index contributed by atoms with van der Waals surface area (Å²) in [4.78, 5) is 15.7. The van der Waals surface area contributed by atoms with Crippen molar-refractivity contribution in [1.29, 1.82) is 0 Å². The van der Waals surface area contributed by atoms with Crippen LogP contribution < -0.4 is 4.90 Å². The van der Waals surface area contributed by atoms with Crippen molar-refractivity contribution < 1.29 is 13.6 Å². The van der Waals surface area contributed by atoms with Gasteiger partial charge in [0, 0.05) is 33.4 Å². The molecular weight excluding hydrogens is 322 g/mol. The molecule has 1 amide bonds. The van der Waals surface area contributed by atoms with Crippen molar-refractivity contribution in [1.82, 2.24) is 4.90 Å². The number of hydrogen-bond donors (Lipinski definition) is 0. The maximum Gasteiger partial charge on any atom is 0.255 e. The summed E-state index contributed by atoms with van der Waals surface area (Å²) in [7, 11) is 5.46. The molecule has 0 aliphatic rings. The van der Waals surface area contributed by atoms with Gasteiger partial charge in [0.05, 0.1) is 10.6 Å². The third-order valence-electron chi connectivity index (χ3n) is 3.46. The molecule has 0 bridgehead atoms. The Morgan fingerprint density at radius 1 is 1.04 bits per heavy atom. The van der Waals surface area contributed by atoms with Crippen molar-refractivity contribution in [3.63, 3.8) is 0 Å². The minimum atomic E-state index is -1.10.